The molecule has 0 saturated heterocycles. The molecule has 1 aromatic carbocycles. The van der Waals surface area contributed by atoms with Gasteiger partial charge in [0, 0.05) is 29.0 Å². The van der Waals surface area contributed by atoms with Crippen LogP contribution in [0, 0.1) is 0 Å². The minimum atomic E-state index is -0.375. The molecule has 1 amide bonds. The number of thiophene rings is 1. The Hall–Kier alpha value is -1.85. The second kappa shape index (κ2) is 6.54. The van der Waals surface area contributed by atoms with Crippen molar-refractivity contribution in [3.8, 4) is 0 Å². The van der Waals surface area contributed by atoms with Crippen LogP contribution in [0.3, 0.4) is 0 Å². The molecule has 106 valence electrons. The molecule has 0 aliphatic heterocycles. The molecule has 20 heavy (non-hydrogen) atoms. The molecule has 3 N–H and O–H groups in total. The van der Waals surface area contributed by atoms with E-state index in [1.807, 2.05) is 18.2 Å². The average molecular weight is 289 g/mol. The van der Waals surface area contributed by atoms with Crippen LogP contribution in [-0.2, 0) is 13.1 Å². The number of hydrogen-bond donors (Lipinski definition) is 2. The molecule has 2 aromatic rings. The van der Waals surface area contributed by atoms with Crippen molar-refractivity contribution in [1.29, 1.82) is 0 Å². The van der Waals surface area contributed by atoms with E-state index in [1.165, 1.54) is 5.56 Å². The van der Waals surface area contributed by atoms with Crippen LogP contribution in [-0.4, -0.2) is 24.9 Å². The summed E-state index contributed by atoms with van der Waals surface area (Å²) in [5.74, 6) is -0.375. The third kappa shape index (κ3) is 3.82. The Morgan fingerprint density at radius 1 is 1.35 bits per heavy atom. The summed E-state index contributed by atoms with van der Waals surface area (Å²) in [6.07, 6.45) is 0. The van der Waals surface area contributed by atoms with Gasteiger partial charge in [0.1, 0.15) is 0 Å². The highest BCUT2D eigenvalue weighted by Crippen LogP contribution is 2.20. The van der Waals surface area contributed by atoms with Gasteiger partial charge in [-0.3, -0.25) is 4.79 Å². The van der Waals surface area contributed by atoms with Crippen molar-refractivity contribution in [2.45, 2.75) is 13.1 Å². The first-order valence-electron chi connectivity index (χ1n) is 6.40. The van der Waals surface area contributed by atoms with Crippen molar-refractivity contribution in [3.05, 3.63) is 51.7 Å². The van der Waals surface area contributed by atoms with E-state index in [4.69, 9.17) is 5.73 Å². The van der Waals surface area contributed by atoms with E-state index in [0.29, 0.717) is 12.1 Å². The molecule has 5 heteroatoms. The molecule has 0 spiro atoms. The van der Waals surface area contributed by atoms with Crippen LogP contribution in [0.1, 0.15) is 20.8 Å². The number of nitrogens with one attached hydrogen (secondary N) is 1. The second-order valence-electron chi connectivity index (χ2n) is 4.91. The summed E-state index contributed by atoms with van der Waals surface area (Å²) in [6, 6.07) is 10.1. The lowest BCUT2D eigenvalue weighted by Gasteiger charge is -2.15. The molecular weight excluding hydrogens is 270 g/mol. The van der Waals surface area contributed by atoms with Crippen LogP contribution in [0.5, 0.6) is 0 Å². The van der Waals surface area contributed by atoms with E-state index in [-0.39, 0.29) is 5.91 Å². The zero-order chi connectivity index (χ0) is 14.5. The van der Waals surface area contributed by atoms with Gasteiger partial charge >= 0.3 is 0 Å². The number of hydrogen-bond acceptors (Lipinski definition) is 4. The molecule has 0 fully saturated rings. The fraction of sp³-hybridized carbons (Fsp3) is 0.267. The largest absolute Gasteiger partial charge is 0.380 e. The molecule has 2 rings (SSSR count). The quantitative estimate of drug-likeness (QED) is 0.859. The summed E-state index contributed by atoms with van der Waals surface area (Å²) >= 11 is 1.54. The van der Waals surface area contributed by atoms with Crippen LogP contribution >= 0.6 is 11.3 Å². The Morgan fingerprint density at radius 3 is 2.75 bits per heavy atom. The monoisotopic (exact) mass is 289 g/mol. The van der Waals surface area contributed by atoms with Gasteiger partial charge in [0.15, 0.2) is 0 Å². The van der Waals surface area contributed by atoms with E-state index >= 15 is 0 Å². The van der Waals surface area contributed by atoms with Gasteiger partial charge < -0.3 is 16.0 Å². The number of carbonyl (C=O) groups is 1. The highest BCUT2D eigenvalue weighted by atomic mass is 32.1. The molecule has 0 atom stereocenters. The predicted octanol–water partition coefficient (Wildman–Crippen LogP) is 2.52. The summed E-state index contributed by atoms with van der Waals surface area (Å²) in [4.78, 5) is 14.3. The fourth-order valence-corrected chi connectivity index (χ4v) is 2.77. The molecule has 1 heterocycles. The smallest absolute Gasteiger partial charge is 0.249 e. The zero-order valence-corrected chi connectivity index (χ0v) is 12.5. The molecule has 1 aromatic heterocycles. The van der Waals surface area contributed by atoms with Gasteiger partial charge in [-0.1, -0.05) is 18.2 Å². The number of para-hydroxylation sites is 1. The second-order valence-corrected chi connectivity index (χ2v) is 5.91. The summed E-state index contributed by atoms with van der Waals surface area (Å²) in [5, 5.41) is 5.22. The predicted molar refractivity (Wildman–Crippen MR) is 84.0 cm³/mol. The Kier molecular flexibility index (Phi) is 4.76. The number of primary amides is 1. The summed E-state index contributed by atoms with van der Waals surface area (Å²) < 4.78 is 0. The molecule has 0 unspecified atom stereocenters. The van der Waals surface area contributed by atoms with Gasteiger partial charge in [0.2, 0.25) is 5.91 Å². The van der Waals surface area contributed by atoms with Crippen LogP contribution in [0.2, 0.25) is 0 Å². The molecular formula is C15H19N3OS. The number of nitrogens with two attached hydrogens (primary N) is 1. The van der Waals surface area contributed by atoms with Crippen molar-refractivity contribution < 1.29 is 4.79 Å². The molecule has 0 aliphatic rings. The van der Waals surface area contributed by atoms with Crippen molar-refractivity contribution in [2.75, 3.05) is 19.4 Å². The van der Waals surface area contributed by atoms with E-state index in [2.05, 4.69) is 36.4 Å². The first-order valence-corrected chi connectivity index (χ1v) is 7.28. The molecule has 0 radical (unpaired) electrons. The molecule has 0 saturated carbocycles. The Morgan fingerprint density at radius 2 is 2.10 bits per heavy atom. The summed E-state index contributed by atoms with van der Waals surface area (Å²) in [7, 11) is 4.10. The van der Waals surface area contributed by atoms with Gasteiger partial charge in [-0.25, -0.2) is 0 Å². The minimum absolute atomic E-state index is 0.375. The van der Waals surface area contributed by atoms with Crippen LogP contribution in [0.15, 0.2) is 35.7 Å². The fourth-order valence-electron chi connectivity index (χ4n) is 1.96. The third-order valence-corrected chi connectivity index (χ3v) is 3.83. The lowest BCUT2D eigenvalue weighted by atomic mass is 10.1. The first-order chi connectivity index (χ1) is 9.56. The molecule has 4 nitrogen and oxygen atoms in total. The van der Waals surface area contributed by atoms with Gasteiger partial charge in [-0.15, -0.1) is 11.3 Å². The molecule has 0 aliphatic carbocycles. The lowest BCUT2D eigenvalue weighted by Crippen LogP contribution is -2.12. The van der Waals surface area contributed by atoms with Crippen LogP contribution in [0.4, 0.5) is 5.69 Å². The van der Waals surface area contributed by atoms with Crippen molar-refractivity contribution in [2.24, 2.45) is 5.73 Å². The van der Waals surface area contributed by atoms with Crippen LogP contribution in [0.25, 0.3) is 0 Å². The maximum absolute atomic E-state index is 11.1. The van der Waals surface area contributed by atoms with Gasteiger partial charge in [0.05, 0.1) is 5.56 Å². The average Bonchev–Trinajstić information content (AvgIpc) is 2.86. The number of nitrogens with zero attached hydrogens (tertiary/aromatic N) is 1. The van der Waals surface area contributed by atoms with E-state index in [0.717, 1.165) is 17.1 Å². The number of benzene rings is 1. The maximum atomic E-state index is 11.1. The standard InChI is InChI=1S/C15H19N3OS/c1-18(2)9-11-5-3-4-6-14(11)17-8-13-7-12(10-20-13)15(16)19/h3-7,10,17H,8-9H2,1-2H3,(H2,16,19). The summed E-state index contributed by atoms with van der Waals surface area (Å²) in [5.41, 5.74) is 8.21. The van der Waals surface area contributed by atoms with Crippen molar-refractivity contribution in [1.82, 2.24) is 4.90 Å². The van der Waals surface area contributed by atoms with Gasteiger partial charge in [0.25, 0.3) is 0 Å². The van der Waals surface area contributed by atoms with E-state index in [1.54, 1.807) is 16.7 Å². The normalized spacial score (nSPS) is 10.8. The number of carbonyl (C=O) groups excluding carboxylic acids is 1. The van der Waals surface area contributed by atoms with Crippen LogP contribution < -0.4 is 11.1 Å². The van der Waals surface area contributed by atoms with Gasteiger partial charge in [-0.05, 0) is 31.8 Å². The lowest BCUT2D eigenvalue weighted by molar-refractivity contribution is 0.100. The topological polar surface area (TPSA) is 58.4 Å². The van der Waals surface area contributed by atoms with Gasteiger partial charge in [-0.2, -0.15) is 0 Å². The number of anilines is 1. The highest BCUT2D eigenvalue weighted by molar-refractivity contribution is 7.10. The Bertz CT molecular complexity index is 592. The summed E-state index contributed by atoms with van der Waals surface area (Å²) in [6.45, 7) is 1.59. The maximum Gasteiger partial charge on any atom is 0.249 e. The van der Waals surface area contributed by atoms with Crippen molar-refractivity contribution in [3.63, 3.8) is 0 Å². The first kappa shape index (κ1) is 14.6. The Labute approximate surface area is 123 Å². The SMILES string of the molecule is CN(C)Cc1ccccc1NCc1cc(C(N)=O)cs1. The molecule has 0 bridgehead atoms. The van der Waals surface area contributed by atoms with E-state index in [9.17, 15) is 4.79 Å². The Balaban J connectivity index is 2.04. The minimum Gasteiger partial charge on any atom is -0.380 e. The highest BCUT2D eigenvalue weighted by Gasteiger charge is 2.06. The van der Waals surface area contributed by atoms with E-state index < -0.39 is 0 Å². The van der Waals surface area contributed by atoms with Crippen molar-refractivity contribution >= 4 is 22.9 Å². The zero-order valence-electron chi connectivity index (χ0n) is 11.7. The third-order valence-electron chi connectivity index (χ3n) is 2.90. The number of amides is 1. The number of rotatable bonds is 6.